The van der Waals surface area contributed by atoms with Gasteiger partial charge < -0.3 is 9.84 Å². The van der Waals surface area contributed by atoms with E-state index in [0.29, 0.717) is 0 Å². The number of aliphatic carboxylic acids is 1. The van der Waals surface area contributed by atoms with Gasteiger partial charge in [0, 0.05) is 6.42 Å². The first kappa shape index (κ1) is 9.76. The summed E-state index contributed by atoms with van der Waals surface area (Å²) in [6.45, 7) is -0.205. The average molecular weight is 191 g/mol. The molecule has 5 nitrogen and oxygen atoms in total. The van der Waals surface area contributed by atoms with Crippen LogP contribution in [0.1, 0.15) is 6.42 Å². The van der Waals surface area contributed by atoms with Crippen LogP contribution in [-0.4, -0.2) is 47.9 Å². The number of hydrogen-bond donors (Lipinski definition) is 1. The van der Waals surface area contributed by atoms with E-state index in [-0.39, 0.29) is 13.0 Å². The van der Waals surface area contributed by atoms with Crippen LogP contribution in [0.15, 0.2) is 0 Å². The van der Waals surface area contributed by atoms with Gasteiger partial charge in [-0.15, -0.1) is 0 Å². The number of carboxylic acid groups (broad SMARTS) is 1. The highest BCUT2D eigenvalue weighted by Gasteiger charge is 2.40. The van der Waals surface area contributed by atoms with Crippen LogP contribution < -0.4 is 0 Å². The maximum atomic E-state index is 12.8. The van der Waals surface area contributed by atoms with Gasteiger partial charge in [0.2, 0.25) is 0 Å². The zero-order valence-electron chi connectivity index (χ0n) is 7.07. The van der Waals surface area contributed by atoms with Crippen molar-refractivity contribution >= 4 is 12.1 Å². The Bertz CT molecular complexity index is 233. The zero-order valence-corrected chi connectivity index (χ0v) is 7.07. The van der Waals surface area contributed by atoms with Crippen LogP contribution >= 0.6 is 0 Å². The Balaban J connectivity index is 2.71. The number of hydrogen-bond acceptors (Lipinski definition) is 3. The Kier molecular flexibility index (Phi) is 2.69. The molecule has 0 aromatic rings. The summed E-state index contributed by atoms with van der Waals surface area (Å²) in [7, 11) is 1.13. The number of carbonyl (C=O) groups excluding carboxylic acids is 1. The van der Waals surface area contributed by atoms with Gasteiger partial charge in [-0.2, -0.15) is 0 Å². The van der Waals surface area contributed by atoms with Gasteiger partial charge in [-0.1, -0.05) is 0 Å². The molecule has 0 aromatic carbocycles. The summed E-state index contributed by atoms with van der Waals surface area (Å²) in [4.78, 5) is 22.4. The Morgan fingerprint density at radius 2 is 2.23 bits per heavy atom. The second-order valence-corrected chi connectivity index (χ2v) is 2.81. The lowest BCUT2D eigenvalue weighted by Crippen LogP contribution is -2.40. The fourth-order valence-corrected chi connectivity index (χ4v) is 1.34. The van der Waals surface area contributed by atoms with Crippen LogP contribution in [0, 0.1) is 0 Å². The number of methoxy groups -OCH3 is 1. The first-order valence-electron chi connectivity index (χ1n) is 3.77. The highest BCUT2D eigenvalue weighted by Crippen LogP contribution is 2.21. The number of amides is 1. The van der Waals surface area contributed by atoms with Crippen molar-refractivity contribution in [3.63, 3.8) is 0 Å². The van der Waals surface area contributed by atoms with E-state index in [4.69, 9.17) is 5.11 Å². The molecule has 1 fully saturated rings. The minimum absolute atomic E-state index is 0.162. The number of likely N-dealkylation sites (tertiary alicyclic amines) is 1. The zero-order chi connectivity index (χ0) is 10.0. The Morgan fingerprint density at radius 1 is 1.62 bits per heavy atom. The van der Waals surface area contributed by atoms with E-state index in [0.717, 1.165) is 12.0 Å². The maximum Gasteiger partial charge on any atom is 0.410 e. The third-order valence-corrected chi connectivity index (χ3v) is 1.94. The molecule has 1 amide bonds. The van der Waals surface area contributed by atoms with Crippen molar-refractivity contribution < 1.29 is 23.8 Å². The van der Waals surface area contributed by atoms with E-state index in [1.165, 1.54) is 0 Å². The molecule has 1 saturated heterocycles. The average Bonchev–Trinajstić information content (AvgIpc) is 2.46. The summed E-state index contributed by atoms with van der Waals surface area (Å²) in [5.41, 5.74) is 0. The molecule has 0 unspecified atom stereocenters. The van der Waals surface area contributed by atoms with Crippen molar-refractivity contribution in [3.8, 4) is 0 Å². The molecular formula is C7H10FNO4. The fraction of sp³-hybridized carbons (Fsp3) is 0.714. The van der Waals surface area contributed by atoms with Crippen LogP contribution in [0.3, 0.4) is 0 Å². The van der Waals surface area contributed by atoms with Crippen molar-refractivity contribution in [1.29, 1.82) is 0 Å². The summed E-state index contributed by atoms with van der Waals surface area (Å²) < 4.78 is 17.1. The lowest BCUT2D eigenvalue weighted by molar-refractivity contribution is -0.141. The molecular weight excluding hydrogens is 181 g/mol. The van der Waals surface area contributed by atoms with Crippen molar-refractivity contribution in [1.82, 2.24) is 4.90 Å². The van der Waals surface area contributed by atoms with E-state index in [1.54, 1.807) is 0 Å². The van der Waals surface area contributed by atoms with Gasteiger partial charge in [-0.05, 0) is 0 Å². The van der Waals surface area contributed by atoms with Gasteiger partial charge >= 0.3 is 12.1 Å². The largest absolute Gasteiger partial charge is 0.480 e. The van der Waals surface area contributed by atoms with Crippen LogP contribution in [0.5, 0.6) is 0 Å². The first-order chi connectivity index (χ1) is 6.06. The second-order valence-electron chi connectivity index (χ2n) is 2.81. The third kappa shape index (κ3) is 1.88. The van der Waals surface area contributed by atoms with Crippen LogP contribution in [-0.2, 0) is 9.53 Å². The highest BCUT2D eigenvalue weighted by molar-refractivity contribution is 5.80. The lowest BCUT2D eigenvalue weighted by Gasteiger charge is -2.18. The second kappa shape index (κ2) is 3.59. The molecule has 1 aliphatic rings. The third-order valence-electron chi connectivity index (χ3n) is 1.94. The van der Waals surface area contributed by atoms with Crippen molar-refractivity contribution in [2.45, 2.75) is 18.6 Å². The first-order valence-corrected chi connectivity index (χ1v) is 3.77. The number of ether oxygens (including phenoxy) is 1. The SMILES string of the molecule is COC(=O)N1C[C@H](F)C[C@H]1C(=O)O. The van der Waals surface area contributed by atoms with Gasteiger partial charge in [0.15, 0.2) is 0 Å². The number of nitrogens with zero attached hydrogens (tertiary/aromatic N) is 1. The molecule has 0 aliphatic carbocycles. The molecule has 1 heterocycles. The Morgan fingerprint density at radius 3 is 2.69 bits per heavy atom. The minimum atomic E-state index is -1.28. The van der Waals surface area contributed by atoms with Crippen molar-refractivity contribution in [2.24, 2.45) is 0 Å². The molecule has 2 atom stereocenters. The number of alkyl halides is 1. The molecule has 0 spiro atoms. The standard InChI is InChI=1S/C7H10FNO4/c1-13-7(12)9-3-4(8)2-5(9)6(10)11/h4-5H,2-3H2,1H3,(H,10,11)/t4-,5+/m1/s1. The fourth-order valence-electron chi connectivity index (χ4n) is 1.34. The molecule has 1 rings (SSSR count). The van der Waals surface area contributed by atoms with Crippen LogP contribution in [0.4, 0.5) is 9.18 Å². The number of rotatable bonds is 1. The Labute approximate surface area is 74.1 Å². The summed E-state index contributed by atoms with van der Waals surface area (Å²) in [5, 5.41) is 8.63. The number of carboxylic acids is 1. The van der Waals surface area contributed by atoms with E-state index in [9.17, 15) is 14.0 Å². The summed E-state index contributed by atoms with van der Waals surface area (Å²) in [6, 6.07) is -1.09. The minimum Gasteiger partial charge on any atom is -0.480 e. The summed E-state index contributed by atoms with van der Waals surface area (Å²) >= 11 is 0. The van der Waals surface area contributed by atoms with Crippen LogP contribution in [0.2, 0.25) is 0 Å². The molecule has 6 heteroatoms. The van der Waals surface area contributed by atoms with Gasteiger partial charge in [0.25, 0.3) is 0 Å². The topological polar surface area (TPSA) is 66.8 Å². The molecule has 0 radical (unpaired) electrons. The van der Waals surface area contributed by atoms with E-state index in [1.807, 2.05) is 0 Å². The van der Waals surface area contributed by atoms with E-state index < -0.39 is 24.3 Å². The van der Waals surface area contributed by atoms with Crippen LogP contribution in [0.25, 0.3) is 0 Å². The number of halogens is 1. The normalized spacial score (nSPS) is 27.4. The van der Waals surface area contributed by atoms with Crippen molar-refractivity contribution in [2.75, 3.05) is 13.7 Å². The predicted molar refractivity (Wildman–Crippen MR) is 40.0 cm³/mol. The van der Waals surface area contributed by atoms with Gasteiger partial charge in [-0.25, -0.2) is 14.0 Å². The molecule has 1 aliphatic heterocycles. The van der Waals surface area contributed by atoms with Gasteiger partial charge in [0.1, 0.15) is 12.2 Å². The lowest BCUT2D eigenvalue weighted by atomic mass is 10.2. The molecule has 0 saturated carbocycles. The summed E-state index contributed by atoms with van der Waals surface area (Å²) in [6.07, 6.45) is -2.24. The molecule has 0 aromatic heterocycles. The molecule has 1 N–H and O–H groups in total. The van der Waals surface area contributed by atoms with Gasteiger partial charge in [0.05, 0.1) is 13.7 Å². The smallest absolute Gasteiger partial charge is 0.410 e. The molecule has 0 bridgehead atoms. The highest BCUT2D eigenvalue weighted by atomic mass is 19.1. The monoisotopic (exact) mass is 191 g/mol. The maximum absolute atomic E-state index is 12.8. The quantitative estimate of drug-likeness (QED) is 0.645. The Hall–Kier alpha value is -1.33. The van der Waals surface area contributed by atoms with E-state index in [2.05, 4.69) is 4.74 Å². The summed E-state index contributed by atoms with van der Waals surface area (Å²) in [5.74, 6) is -1.20. The van der Waals surface area contributed by atoms with E-state index >= 15 is 0 Å². The molecule has 13 heavy (non-hydrogen) atoms. The molecule has 74 valence electrons. The van der Waals surface area contributed by atoms with Gasteiger partial charge in [-0.3, -0.25) is 4.90 Å². The predicted octanol–water partition coefficient (Wildman–Crippen LogP) is 0.250. The van der Waals surface area contributed by atoms with Crippen molar-refractivity contribution in [3.05, 3.63) is 0 Å². The number of carbonyl (C=O) groups is 2.